The number of carbonyl (C=O) groups is 1. The van der Waals surface area contributed by atoms with Crippen LogP contribution in [0.15, 0.2) is 72.8 Å². The quantitative estimate of drug-likeness (QED) is 0.776. The normalized spacial score (nSPS) is 15.6. The van der Waals surface area contributed by atoms with Crippen LogP contribution in [-0.2, 0) is 13.0 Å². The van der Waals surface area contributed by atoms with Crippen LogP contribution in [0.1, 0.15) is 28.5 Å². The fourth-order valence-corrected chi connectivity index (χ4v) is 3.47. The molecule has 4 heteroatoms. The first-order valence-electron chi connectivity index (χ1n) is 8.89. The fourth-order valence-electron chi connectivity index (χ4n) is 3.47. The van der Waals surface area contributed by atoms with Crippen LogP contribution >= 0.6 is 0 Å². The highest BCUT2D eigenvalue weighted by Gasteiger charge is 2.27. The maximum atomic E-state index is 12.5. The highest BCUT2D eigenvalue weighted by molar-refractivity contribution is 5.92. The van der Waals surface area contributed by atoms with E-state index in [-0.39, 0.29) is 5.91 Å². The molecule has 1 aliphatic rings. The van der Waals surface area contributed by atoms with Gasteiger partial charge in [-0.05, 0) is 42.7 Å². The van der Waals surface area contributed by atoms with E-state index >= 15 is 0 Å². The lowest BCUT2D eigenvalue weighted by Crippen LogP contribution is -2.27. The molecule has 2 heterocycles. The molecule has 4 rings (SSSR count). The third kappa shape index (κ3) is 3.18. The standard InChI is InChI=1S/C22H21N3O/c1-16-14-18-10-5-6-12-20(18)25(16)21-13-7-11-19(24-21)22(26)23-15-17-8-3-2-4-9-17/h2-13,16H,14-15H2,1H3,(H,23,26). The number of aromatic nitrogens is 1. The molecule has 1 unspecified atom stereocenters. The maximum absolute atomic E-state index is 12.5. The molecule has 3 aromatic rings. The molecule has 1 atom stereocenters. The van der Waals surface area contributed by atoms with Gasteiger partial charge in [0.2, 0.25) is 0 Å². The summed E-state index contributed by atoms with van der Waals surface area (Å²) >= 11 is 0. The SMILES string of the molecule is CC1Cc2ccccc2N1c1cccc(C(=O)NCc2ccccc2)n1. The first-order valence-corrected chi connectivity index (χ1v) is 8.89. The zero-order chi connectivity index (χ0) is 17.9. The summed E-state index contributed by atoms with van der Waals surface area (Å²) in [4.78, 5) is 19.4. The predicted octanol–water partition coefficient (Wildman–Crippen LogP) is 4.09. The Labute approximate surface area is 153 Å². The Bertz CT molecular complexity index is 923. The summed E-state index contributed by atoms with van der Waals surface area (Å²) in [5, 5.41) is 2.94. The van der Waals surface area contributed by atoms with Crippen molar-refractivity contribution in [3.63, 3.8) is 0 Å². The second-order valence-corrected chi connectivity index (χ2v) is 6.60. The molecular weight excluding hydrogens is 322 g/mol. The number of fused-ring (bicyclic) bond motifs is 1. The van der Waals surface area contributed by atoms with Gasteiger partial charge in [0.15, 0.2) is 0 Å². The number of pyridine rings is 1. The van der Waals surface area contributed by atoms with Gasteiger partial charge >= 0.3 is 0 Å². The van der Waals surface area contributed by atoms with Crippen molar-refractivity contribution in [1.29, 1.82) is 0 Å². The zero-order valence-electron chi connectivity index (χ0n) is 14.7. The Kier molecular flexibility index (Phi) is 4.40. The number of amides is 1. The van der Waals surface area contributed by atoms with Gasteiger partial charge in [0.25, 0.3) is 5.91 Å². The molecule has 2 aromatic carbocycles. The van der Waals surface area contributed by atoms with E-state index in [9.17, 15) is 4.79 Å². The first kappa shape index (κ1) is 16.3. The molecule has 0 saturated carbocycles. The number of rotatable bonds is 4. The van der Waals surface area contributed by atoms with E-state index in [1.807, 2.05) is 48.5 Å². The smallest absolute Gasteiger partial charge is 0.270 e. The maximum Gasteiger partial charge on any atom is 0.270 e. The monoisotopic (exact) mass is 343 g/mol. The number of nitrogens with zero attached hydrogens (tertiary/aromatic N) is 2. The molecule has 0 saturated heterocycles. The van der Waals surface area contributed by atoms with Crippen molar-refractivity contribution in [3.8, 4) is 0 Å². The Morgan fingerprint density at radius 3 is 2.65 bits per heavy atom. The summed E-state index contributed by atoms with van der Waals surface area (Å²) in [7, 11) is 0. The van der Waals surface area contributed by atoms with Crippen molar-refractivity contribution in [1.82, 2.24) is 10.3 Å². The minimum Gasteiger partial charge on any atom is -0.347 e. The number of anilines is 2. The van der Waals surface area contributed by atoms with Gasteiger partial charge in [-0.1, -0.05) is 54.6 Å². The topological polar surface area (TPSA) is 45.2 Å². The fraction of sp³-hybridized carbons (Fsp3) is 0.182. The van der Waals surface area contributed by atoms with Crippen molar-refractivity contribution in [2.24, 2.45) is 0 Å². The van der Waals surface area contributed by atoms with Gasteiger partial charge < -0.3 is 10.2 Å². The summed E-state index contributed by atoms with van der Waals surface area (Å²) in [5.41, 5.74) is 4.00. The van der Waals surface area contributed by atoms with Crippen LogP contribution in [0.4, 0.5) is 11.5 Å². The molecule has 1 N–H and O–H groups in total. The van der Waals surface area contributed by atoms with Crippen LogP contribution in [0.5, 0.6) is 0 Å². The molecule has 0 spiro atoms. The van der Waals surface area contributed by atoms with Crippen molar-refractivity contribution in [3.05, 3.63) is 89.6 Å². The first-order chi connectivity index (χ1) is 12.7. The number of carbonyl (C=O) groups excluding carboxylic acids is 1. The minimum absolute atomic E-state index is 0.157. The van der Waals surface area contributed by atoms with Crippen molar-refractivity contribution < 1.29 is 4.79 Å². The molecule has 1 aromatic heterocycles. The molecule has 0 fully saturated rings. The van der Waals surface area contributed by atoms with Gasteiger partial charge in [-0.3, -0.25) is 4.79 Å². The summed E-state index contributed by atoms with van der Waals surface area (Å²) in [5.74, 6) is 0.658. The third-order valence-electron chi connectivity index (χ3n) is 4.72. The number of benzene rings is 2. The summed E-state index contributed by atoms with van der Waals surface area (Å²) in [6.45, 7) is 2.68. The molecule has 26 heavy (non-hydrogen) atoms. The Balaban J connectivity index is 1.54. The lowest BCUT2D eigenvalue weighted by Gasteiger charge is -2.24. The number of para-hydroxylation sites is 1. The molecule has 1 aliphatic heterocycles. The van der Waals surface area contributed by atoms with Crippen LogP contribution in [-0.4, -0.2) is 16.9 Å². The molecule has 4 nitrogen and oxygen atoms in total. The van der Waals surface area contributed by atoms with Crippen molar-refractivity contribution in [2.75, 3.05) is 4.90 Å². The van der Waals surface area contributed by atoms with E-state index in [0.29, 0.717) is 18.3 Å². The van der Waals surface area contributed by atoms with Gasteiger partial charge in [0.05, 0.1) is 0 Å². The Morgan fingerprint density at radius 2 is 1.81 bits per heavy atom. The van der Waals surface area contributed by atoms with E-state index in [1.165, 1.54) is 11.3 Å². The van der Waals surface area contributed by atoms with Crippen LogP contribution in [0.2, 0.25) is 0 Å². The largest absolute Gasteiger partial charge is 0.347 e. The van der Waals surface area contributed by atoms with Crippen LogP contribution in [0, 0.1) is 0 Å². The van der Waals surface area contributed by atoms with Crippen LogP contribution in [0.3, 0.4) is 0 Å². The van der Waals surface area contributed by atoms with Gasteiger partial charge in [-0.15, -0.1) is 0 Å². The minimum atomic E-state index is -0.157. The second kappa shape index (κ2) is 7.00. The molecular formula is C22H21N3O. The summed E-state index contributed by atoms with van der Waals surface area (Å²) in [6.07, 6.45) is 0.988. The van der Waals surface area contributed by atoms with Gasteiger partial charge in [-0.2, -0.15) is 0 Å². The number of hydrogen-bond donors (Lipinski definition) is 1. The average Bonchev–Trinajstić information content (AvgIpc) is 3.02. The van der Waals surface area contributed by atoms with E-state index in [0.717, 1.165) is 17.8 Å². The summed E-state index contributed by atoms with van der Waals surface area (Å²) in [6, 6.07) is 24.2. The highest BCUT2D eigenvalue weighted by atomic mass is 16.1. The molecule has 130 valence electrons. The van der Waals surface area contributed by atoms with E-state index < -0.39 is 0 Å². The van der Waals surface area contributed by atoms with E-state index in [1.54, 1.807) is 6.07 Å². The molecule has 0 aliphatic carbocycles. The van der Waals surface area contributed by atoms with Crippen molar-refractivity contribution in [2.45, 2.75) is 25.9 Å². The Morgan fingerprint density at radius 1 is 1.04 bits per heavy atom. The number of nitrogens with one attached hydrogen (secondary N) is 1. The van der Waals surface area contributed by atoms with Crippen molar-refractivity contribution >= 4 is 17.4 Å². The third-order valence-corrected chi connectivity index (χ3v) is 4.72. The predicted molar refractivity (Wildman–Crippen MR) is 104 cm³/mol. The van der Waals surface area contributed by atoms with Gasteiger partial charge in [-0.25, -0.2) is 4.98 Å². The molecule has 0 radical (unpaired) electrons. The lowest BCUT2D eigenvalue weighted by atomic mass is 10.1. The Hall–Kier alpha value is -3.14. The van der Waals surface area contributed by atoms with Crippen LogP contribution in [0.25, 0.3) is 0 Å². The van der Waals surface area contributed by atoms with E-state index in [2.05, 4.69) is 40.3 Å². The van der Waals surface area contributed by atoms with E-state index in [4.69, 9.17) is 0 Å². The van der Waals surface area contributed by atoms with Gasteiger partial charge in [0, 0.05) is 18.3 Å². The average molecular weight is 343 g/mol. The zero-order valence-corrected chi connectivity index (χ0v) is 14.7. The molecule has 0 bridgehead atoms. The van der Waals surface area contributed by atoms with Gasteiger partial charge in [0.1, 0.15) is 11.5 Å². The number of hydrogen-bond acceptors (Lipinski definition) is 3. The second-order valence-electron chi connectivity index (χ2n) is 6.60. The molecule has 1 amide bonds. The van der Waals surface area contributed by atoms with Crippen LogP contribution < -0.4 is 10.2 Å². The lowest BCUT2D eigenvalue weighted by molar-refractivity contribution is 0.0946. The highest BCUT2D eigenvalue weighted by Crippen LogP contribution is 2.37. The summed E-state index contributed by atoms with van der Waals surface area (Å²) < 4.78 is 0.